The fourth-order valence-electron chi connectivity index (χ4n) is 2.36. The highest BCUT2D eigenvalue weighted by atomic mass is 32.2. The van der Waals surface area contributed by atoms with Crippen LogP contribution >= 0.6 is 0 Å². The first kappa shape index (κ1) is 19.3. The summed E-state index contributed by atoms with van der Waals surface area (Å²) in [5.41, 5.74) is 0.0126. The van der Waals surface area contributed by atoms with Crippen molar-refractivity contribution in [1.82, 2.24) is 4.31 Å². The number of anilines is 1. The Morgan fingerprint density at radius 3 is 2.22 bits per heavy atom. The number of aliphatic hydroxyl groups is 1. The Balaban J connectivity index is 3.42. The zero-order valence-electron chi connectivity index (χ0n) is 13.6. The number of aliphatic hydroxyl groups excluding tert-OH is 1. The smallest absolute Gasteiger partial charge is 0.293 e. The highest BCUT2D eigenvalue weighted by Gasteiger charge is 2.27. The number of nitrogens with zero attached hydrogens (tertiary/aromatic N) is 3. The summed E-state index contributed by atoms with van der Waals surface area (Å²) in [6.07, 6.45) is 0. The number of nitro benzene ring substituents is 1. The van der Waals surface area contributed by atoms with E-state index in [0.29, 0.717) is 25.3 Å². The van der Waals surface area contributed by atoms with E-state index >= 15 is 0 Å². The summed E-state index contributed by atoms with van der Waals surface area (Å²) in [5.74, 6) is 0. The molecule has 1 aromatic rings. The van der Waals surface area contributed by atoms with Crippen molar-refractivity contribution >= 4 is 21.4 Å². The Hall–Kier alpha value is -1.71. The van der Waals surface area contributed by atoms with Crippen molar-refractivity contribution < 1.29 is 18.4 Å². The third-order valence-electron chi connectivity index (χ3n) is 3.58. The fraction of sp³-hybridized carbons (Fsp3) is 0.571. The molecule has 0 heterocycles. The Kier molecular flexibility index (Phi) is 6.92. The second kappa shape index (κ2) is 8.23. The molecule has 8 nitrogen and oxygen atoms in total. The monoisotopic (exact) mass is 345 g/mol. The first-order valence-corrected chi connectivity index (χ1v) is 8.91. The number of benzene rings is 1. The molecule has 1 aromatic carbocycles. The minimum absolute atomic E-state index is 0.100. The van der Waals surface area contributed by atoms with Crippen LogP contribution in [0.5, 0.6) is 0 Å². The lowest BCUT2D eigenvalue weighted by molar-refractivity contribution is -0.384. The van der Waals surface area contributed by atoms with Gasteiger partial charge in [-0.1, -0.05) is 13.8 Å². The van der Waals surface area contributed by atoms with E-state index < -0.39 is 14.9 Å². The summed E-state index contributed by atoms with van der Waals surface area (Å²) >= 11 is 0. The molecule has 0 aromatic heterocycles. The van der Waals surface area contributed by atoms with E-state index in [2.05, 4.69) is 0 Å². The number of hydrogen-bond acceptors (Lipinski definition) is 6. The molecule has 0 bridgehead atoms. The van der Waals surface area contributed by atoms with E-state index in [-0.39, 0.29) is 23.7 Å². The van der Waals surface area contributed by atoms with Gasteiger partial charge in [-0.2, -0.15) is 4.31 Å². The summed E-state index contributed by atoms with van der Waals surface area (Å²) < 4.78 is 26.2. The zero-order valence-corrected chi connectivity index (χ0v) is 14.4. The van der Waals surface area contributed by atoms with Gasteiger partial charge in [0.1, 0.15) is 5.69 Å². The van der Waals surface area contributed by atoms with Crippen molar-refractivity contribution in [1.29, 1.82) is 0 Å². The molecule has 1 rings (SSSR count). The van der Waals surface area contributed by atoms with Gasteiger partial charge in [-0.25, -0.2) is 8.42 Å². The third kappa shape index (κ3) is 4.18. The van der Waals surface area contributed by atoms with Gasteiger partial charge in [-0.15, -0.1) is 0 Å². The fourth-order valence-corrected chi connectivity index (χ4v) is 3.84. The molecular formula is C14H23N3O5S. The van der Waals surface area contributed by atoms with Crippen LogP contribution in [0.1, 0.15) is 20.8 Å². The van der Waals surface area contributed by atoms with Crippen LogP contribution in [-0.4, -0.2) is 55.5 Å². The van der Waals surface area contributed by atoms with Crippen LogP contribution in [-0.2, 0) is 10.0 Å². The minimum atomic E-state index is -3.76. The summed E-state index contributed by atoms with van der Waals surface area (Å²) in [5, 5.41) is 20.4. The third-order valence-corrected chi connectivity index (χ3v) is 5.62. The molecule has 0 spiro atoms. The second-order valence-corrected chi connectivity index (χ2v) is 6.74. The summed E-state index contributed by atoms with van der Waals surface area (Å²) in [6.45, 7) is 6.36. The van der Waals surface area contributed by atoms with E-state index in [1.54, 1.807) is 25.7 Å². The largest absolute Gasteiger partial charge is 0.395 e. The number of rotatable bonds is 9. The molecule has 0 aliphatic heterocycles. The van der Waals surface area contributed by atoms with Crippen LogP contribution in [0.15, 0.2) is 23.1 Å². The van der Waals surface area contributed by atoms with Crippen LogP contribution in [0.25, 0.3) is 0 Å². The summed E-state index contributed by atoms with van der Waals surface area (Å²) in [7, 11) is -3.76. The Labute approximate surface area is 136 Å². The predicted molar refractivity (Wildman–Crippen MR) is 88.2 cm³/mol. The SMILES string of the molecule is CCN(CCO)c1ccc(S(=O)(=O)N(CC)CC)cc1[N+](=O)[O-]. The van der Waals surface area contributed by atoms with Crippen LogP contribution in [0, 0.1) is 10.1 Å². The van der Waals surface area contributed by atoms with Gasteiger partial charge >= 0.3 is 0 Å². The molecule has 0 aliphatic carbocycles. The number of nitro groups is 1. The predicted octanol–water partition coefficient (Wildman–Crippen LogP) is 1.44. The lowest BCUT2D eigenvalue weighted by Gasteiger charge is -2.23. The van der Waals surface area contributed by atoms with Gasteiger partial charge in [0, 0.05) is 32.2 Å². The molecule has 0 unspecified atom stereocenters. The lowest BCUT2D eigenvalue weighted by atomic mass is 10.2. The van der Waals surface area contributed by atoms with E-state index in [1.807, 2.05) is 0 Å². The second-order valence-electron chi connectivity index (χ2n) is 4.80. The highest BCUT2D eigenvalue weighted by Crippen LogP contribution is 2.31. The molecule has 0 atom stereocenters. The average molecular weight is 345 g/mol. The lowest BCUT2D eigenvalue weighted by Crippen LogP contribution is -2.31. The van der Waals surface area contributed by atoms with Gasteiger partial charge in [-0.05, 0) is 19.1 Å². The molecular weight excluding hydrogens is 322 g/mol. The maximum absolute atomic E-state index is 12.5. The molecule has 0 radical (unpaired) electrons. The molecule has 0 saturated heterocycles. The molecule has 0 amide bonds. The van der Waals surface area contributed by atoms with Crippen LogP contribution < -0.4 is 4.90 Å². The van der Waals surface area contributed by atoms with Crippen molar-refractivity contribution in [2.45, 2.75) is 25.7 Å². The van der Waals surface area contributed by atoms with Gasteiger partial charge in [0.15, 0.2) is 0 Å². The molecule has 0 aliphatic rings. The van der Waals surface area contributed by atoms with Gasteiger partial charge in [-0.3, -0.25) is 10.1 Å². The molecule has 130 valence electrons. The topological polar surface area (TPSA) is 104 Å². The van der Waals surface area contributed by atoms with Crippen LogP contribution in [0.4, 0.5) is 11.4 Å². The van der Waals surface area contributed by atoms with E-state index in [1.165, 1.54) is 16.4 Å². The average Bonchev–Trinajstić information content (AvgIpc) is 2.52. The normalized spacial score (nSPS) is 11.7. The van der Waals surface area contributed by atoms with Gasteiger partial charge in [0.2, 0.25) is 10.0 Å². The number of hydrogen-bond donors (Lipinski definition) is 1. The first-order valence-electron chi connectivity index (χ1n) is 7.47. The van der Waals surface area contributed by atoms with Gasteiger partial charge < -0.3 is 10.0 Å². The molecule has 23 heavy (non-hydrogen) atoms. The van der Waals surface area contributed by atoms with Gasteiger partial charge in [0.05, 0.1) is 16.4 Å². The standard InChI is InChI=1S/C14H23N3O5S/c1-4-15(9-10-18)13-8-7-12(11-14(13)17(19)20)23(21,22)16(5-2)6-3/h7-8,11,18H,4-6,9-10H2,1-3H3. The van der Waals surface area contributed by atoms with Crippen LogP contribution in [0.2, 0.25) is 0 Å². The Bertz CT molecular complexity index is 644. The summed E-state index contributed by atoms with van der Waals surface area (Å²) in [4.78, 5) is 12.3. The highest BCUT2D eigenvalue weighted by molar-refractivity contribution is 7.89. The van der Waals surface area contributed by atoms with E-state index in [0.717, 1.165) is 6.07 Å². The molecule has 0 saturated carbocycles. The Morgan fingerprint density at radius 2 is 1.78 bits per heavy atom. The van der Waals surface area contributed by atoms with Crippen molar-refractivity contribution in [3.05, 3.63) is 28.3 Å². The summed E-state index contributed by atoms with van der Waals surface area (Å²) in [6, 6.07) is 3.88. The van der Waals surface area contributed by atoms with Crippen molar-refractivity contribution in [3.8, 4) is 0 Å². The zero-order chi connectivity index (χ0) is 17.6. The molecule has 1 N–H and O–H groups in total. The maximum Gasteiger partial charge on any atom is 0.293 e. The Morgan fingerprint density at radius 1 is 1.17 bits per heavy atom. The van der Waals surface area contributed by atoms with Crippen LogP contribution in [0.3, 0.4) is 0 Å². The first-order chi connectivity index (χ1) is 10.8. The van der Waals surface area contributed by atoms with Crippen molar-refractivity contribution in [3.63, 3.8) is 0 Å². The minimum Gasteiger partial charge on any atom is -0.395 e. The quantitative estimate of drug-likeness (QED) is 0.536. The maximum atomic E-state index is 12.5. The van der Waals surface area contributed by atoms with E-state index in [4.69, 9.17) is 5.11 Å². The van der Waals surface area contributed by atoms with Crippen molar-refractivity contribution in [2.24, 2.45) is 0 Å². The number of likely N-dealkylation sites (N-methyl/N-ethyl adjacent to an activating group) is 1. The van der Waals surface area contributed by atoms with E-state index in [9.17, 15) is 18.5 Å². The molecule has 0 fully saturated rings. The van der Waals surface area contributed by atoms with Crippen molar-refractivity contribution in [2.75, 3.05) is 37.7 Å². The van der Waals surface area contributed by atoms with Gasteiger partial charge in [0.25, 0.3) is 5.69 Å². The number of sulfonamides is 1. The molecule has 9 heteroatoms.